The third kappa shape index (κ3) is 6.56. The first-order valence-electron chi connectivity index (χ1n) is 9.54. The van der Waals surface area contributed by atoms with E-state index in [1.54, 1.807) is 13.8 Å². The molecule has 0 aliphatic rings. The molecule has 1 unspecified atom stereocenters. The molecule has 6 heteroatoms. The van der Waals surface area contributed by atoms with Gasteiger partial charge in [0.2, 0.25) is 0 Å². The minimum Gasteiger partial charge on any atom is -0.343 e. The van der Waals surface area contributed by atoms with Crippen molar-refractivity contribution < 1.29 is 27.8 Å². The first kappa shape index (κ1) is 22.9. The summed E-state index contributed by atoms with van der Waals surface area (Å²) in [7, 11) is 0. The second kappa shape index (κ2) is 11.6. The largest absolute Gasteiger partial charge is 0.343 e. The van der Waals surface area contributed by atoms with E-state index in [1.807, 2.05) is 0 Å². The Balaban J connectivity index is 3.01. The van der Waals surface area contributed by atoms with Crippen LogP contribution in [-0.2, 0) is 9.47 Å². The van der Waals surface area contributed by atoms with Gasteiger partial charge in [0.1, 0.15) is 0 Å². The quantitative estimate of drug-likeness (QED) is 0.274. The summed E-state index contributed by atoms with van der Waals surface area (Å²) in [6, 6.07) is 1.81. The lowest BCUT2D eigenvalue weighted by atomic mass is 9.90. The molecule has 26 heavy (non-hydrogen) atoms. The Morgan fingerprint density at radius 1 is 0.885 bits per heavy atom. The van der Waals surface area contributed by atoms with Crippen LogP contribution in [0.4, 0.5) is 13.2 Å². The van der Waals surface area contributed by atoms with Gasteiger partial charge in [0.25, 0.3) is 5.97 Å². The van der Waals surface area contributed by atoms with Crippen LogP contribution in [0.1, 0.15) is 77.2 Å². The maximum atomic E-state index is 13.7. The number of hydrogen-bond acceptors (Lipinski definition) is 3. The molecule has 3 nitrogen and oxygen atoms in total. The molecule has 0 aliphatic carbocycles. The van der Waals surface area contributed by atoms with Crippen LogP contribution in [0, 0.1) is 17.5 Å². The van der Waals surface area contributed by atoms with Crippen LogP contribution in [0.2, 0.25) is 0 Å². The third-order valence-electron chi connectivity index (χ3n) is 4.40. The molecule has 1 aromatic rings. The molecular formula is C20H31F3O3. The Kier molecular flexibility index (Phi) is 10.2. The van der Waals surface area contributed by atoms with E-state index in [2.05, 4.69) is 6.92 Å². The molecular weight excluding hydrogens is 345 g/mol. The number of halogens is 3. The number of benzene rings is 1. The number of aliphatic hydroxyl groups is 1. The summed E-state index contributed by atoms with van der Waals surface area (Å²) in [5, 5.41) is 10.8. The van der Waals surface area contributed by atoms with E-state index in [0.717, 1.165) is 44.2 Å². The lowest BCUT2D eigenvalue weighted by Gasteiger charge is -2.35. The smallest absolute Gasteiger partial charge is 0.287 e. The minimum absolute atomic E-state index is 0.124. The number of hydrogen-bond donors (Lipinski definition) is 1. The Morgan fingerprint density at radius 3 is 1.88 bits per heavy atom. The Bertz CT molecular complexity index is 508. The lowest BCUT2D eigenvalue weighted by Crippen LogP contribution is -2.42. The first-order chi connectivity index (χ1) is 12.4. The van der Waals surface area contributed by atoms with E-state index >= 15 is 0 Å². The lowest BCUT2D eigenvalue weighted by molar-refractivity contribution is -0.370. The SMILES string of the molecule is CCCCCCCCC(c1cc(F)c(F)c(F)c1)C(O)(OCC)OCC. The second-order valence-corrected chi connectivity index (χ2v) is 6.40. The average molecular weight is 376 g/mol. The summed E-state index contributed by atoms with van der Waals surface area (Å²) in [5.74, 6) is -6.93. The zero-order valence-corrected chi connectivity index (χ0v) is 16.0. The van der Waals surface area contributed by atoms with Gasteiger partial charge < -0.3 is 14.6 Å². The average Bonchev–Trinajstić information content (AvgIpc) is 2.59. The molecule has 0 fully saturated rings. The van der Waals surface area contributed by atoms with Crippen LogP contribution in [0.25, 0.3) is 0 Å². The highest BCUT2D eigenvalue weighted by molar-refractivity contribution is 5.24. The molecule has 1 rings (SSSR count). The van der Waals surface area contributed by atoms with E-state index in [-0.39, 0.29) is 18.8 Å². The third-order valence-corrected chi connectivity index (χ3v) is 4.40. The fraction of sp³-hybridized carbons (Fsp3) is 0.700. The predicted molar refractivity (Wildman–Crippen MR) is 95.3 cm³/mol. The van der Waals surface area contributed by atoms with Crippen molar-refractivity contribution in [1.29, 1.82) is 0 Å². The molecule has 0 heterocycles. The van der Waals surface area contributed by atoms with Gasteiger partial charge in [-0.2, -0.15) is 0 Å². The summed E-state index contributed by atoms with van der Waals surface area (Å²) >= 11 is 0. The summed E-state index contributed by atoms with van der Waals surface area (Å²) in [6.45, 7) is 5.85. The topological polar surface area (TPSA) is 38.7 Å². The molecule has 1 atom stereocenters. The van der Waals surface area contributed by atoms with Gasteiger partial charge >= 0.3 is 0 Å². The highest BCUT2D eigenvalue weighted by atomic mass is 19.2. The number of rotatable bonds is 13. The van der Waals surface area contributed by atoms with Gasteiger partial charge in [0, 0.05) is 13.2 Å². The molecule has 0 saturated carbocycles. The van der Waals surface area contributed by atoms with Gasteiger partial charge in [-0.1, -0.05) is 45.4 Å². The molecule has 0 spiro atoms. The molecule has 1 aromatic carbocycles. The summed E-state index contributed by atoms with van der Waals surface area (Å²) in [4.78, 5) is 0. The summed E-state index contributed by atoms with van der Waals surface area (Å²) in [6.07, 6.45) is 6.56. The van der Waals surface area contributed by atoms with Crippen LogP contribution in [0.3, 0.4) is 0 Å². The molecule has 0 aliphatic heterocycles. The first-order valence-corrected chi connectivity index (χ1v) is 9.54. The van der Waals surface area contributed by atoms with Crippen LogP contribution in [-0.4, -0.2) is 24.3 Å². The van der Waals surface area contributed by atoms with Crippen molar-refractivity contribution in [3.05, 3.63) is 35.1 Å². The summed E-state index contributed by atoms with van der Waals surface area (Å²) < 4.78 is 51.5. The van der Waals surface area contributed by atoms with Crippen LogP contribution < -0.4 is 0 Å². The molecule has 0 radical (unpaired) electrons. The fourth-order valence-electron chi connectivity index (χ4n) is 3.12. The molecule has 150 valence electrons. The standard InChI is InChI=1S/C20H31F3O3/c1-4-7-8-9-10-11-12-16(20(24,25-5-2)26-6-3)15-13-17(21)19(23)18(22)14-15/h13-14,16,24H,4-12H2,1-3H3. The van der Waals surface area contributed by atoms with Gasteiger partial charge in [-0.05, 0) is 38.0 Å². The highest BCUT2D eigenvalue weighted by Crippen LogP contribution is 2.36. The van der Waals surface area contributed by atoms with Gasteiger partial charge in [0.05, 0.1) is 5.92 Å². The zero-order chi connectivity index (χ0) is 19.6. The second-order valence-electron chi connectivity index (χ2n) is 6.40. The van der Waals surface area contributed by atoms with Crippen molar-refractivity contribution in [1.82, 2.24) is 0 Å². The maximum Gasteiger partial charge on any atom is 0.287 e. The van der Waals surface area contributed by atoms with Gasteiger partial charge in [0.15, 0.2) is 17.5 Å². The summed E-state index contributed by atoms with van der Waals surface area (Å²) in [5.41, 5.74) is 0.124. The van der Waals surface area contributed by atoms with E-state index in [4.69, 9.17) is 9.47 Å². The van der Waals surface area contributed by atoms with Crippen molar-refractivity contribution in [3.63, 3.8) is 0 Å². The van der Waals surface area contributed by atoms with E-state index in [0.29, 0.717) is 6.42 Å². The van der Waals surface area contributed by atoms with Crippen LogP contribution in [0.15, 0.2) is 12.1 Å². The van der Waals surface area contributed by atoms with Crippen molar-refractivity contribution in [2.24, 2.45) is 0 Å². The van der Waals surface area contributed by atoms with Crippen molar-refractivity contribution in [2.45, 2.75) is 77.6 Å². The molecule has 0 bridgehead atoms. The molecule has 1 N–H and O–H groups in total. The normalized spacial score (nSPS) is 13.2. The van der Waals surface area contributed by atoms with Crippen LogP contribution >= 0.6 is 0 Å². The van der Waals surface area contributed by atoms with Crippen LogP contribution in [0.5, 0.6) is 0 Å². The van der Waals surface area contributed by atoms with E-state index in [1.165, 1.54) is 6.42 Å². The van der Waals surface area contributed by atoms with Gasteiger partial charge in [-0.3, -0.25) is 0 Å². The van der Waals surface area contributed by atoms with E-state index in [9.17, 15) is 18.3 Å². The zero-order valence-electron chi connectivity index (χ0n) is 16.0. The Morgan fingerprint density at radius 2 is 1.38 bits per heavy atom. The maximum absolute atomic E-state index is 13.7. The molecule has 0 saturated heterocycles. The molecule has 0 aromatic heterocycles. The number of unbranched alkanes of at least 4 members (excludes halogenated alkanes) is 5. The predicted octanol–water partition coefficient (Wildman–Crippen LogP) is 5.66. The van der Waals surface area contributed by atoms with E-state index < -0.39 is 29.3 Å². The fourth-order valence-corrected chi connectivity index (χ4v) is 3.12. The van der Waals surface area contributed by atoms with Gasteiger partial charge in [-0.25, -0.2) is 13.2 Å². The monoisotopic (exact) mass is 376 g/mol. The Labute approximate surface area is 154 Å². The van der Waals surface area contributed by atoms with Gasteiger partial charge in [-0.15, -0.1) is 0 Å². The van der Waals surface area contributed by atoms with Crippen molar-refractivity contribution >= 4 is 0 Å². The number of ether oxygens (including phenoxy) is 2. The Hall–Kier alpha value is -1.11. The minimum atomic E-state index is -2.01. The van der Waals surface area contributed by atoms with Crippen molar-refractivity contribution in [2.75, 3.05) is 13.2 Å². The highest BCUT2D eigenvalue weighted by Gasteiger charge is 2.40. The molecule has 0 amide bonds. The van der Waals surface area contributed by atoms with Crippen molar-refractivity contribution in [3.8, 4) is 0 Å².